The maximum absolute atomic E-state index is 14.8. The van der Waals surface area contributed by atoms with Crippen molar-refractivity contribution in [1.82, 2.24) is 4.98 Å². The van der Waals surface area contributed by atoms with Crippen molar-refractivity contribution in [2.24, 2.45) is 5.92 Å². The van der Waals surface area contributed by atoms with Crippen molar-refractivity contribution in [3.05, 3.63) is 82.9 Å². The van der Waals surface area contributed by atoms with Crippen LogP contribution in [-0.4, -0.2) is 16.1 Å². The van der Waals surface area contributed by atoms with Gasteiger partial charge >= 0.3 is 12.1 Å². The number of ether oxygens (including phenoxy) is 1. The number of halogens is 4. The quantitative estimate of drug-likeness (QED) is 0.466. The number of pyridine rings is 1. The molecule has 1 N–H and O–H groups in total. The average Bonchev–Trinajstić information content (AvgIpc) is 3.48. The molecule has 5 rings (SSSR count). The van der Waals surface area contributed by atoms with Crippen LogP contribution in [0.1, 0.15) is 47.1 Å². The minimum atomic E-state index is -4.58. The van der Waals surface area contributed by atoms with Crippen LogP contribution in [-0.2, 0) is 17.4 Å². The number of alkyl halides is 3. The zero-order valence-corrected chi connectivity index (χ0v) is 17.3. The number of aliphatic carboxylic acids is 1. The summed E-state index contributed by atoms with van der Waals surface area (Å²) < 4.78 is 61.4. The third kappa shape index (κ3) is 3.94. The normalized spacial score (nSPS) is 21.5. The highest BCUT2D eigenvalue weighted by molar-refractivity contribution is 5.75. The van der Waals surface area contributed by atoms with Gasteiger partial charge in [0.25, 0.3) is 0 Å². The van der Waals surface area contributed by atoms with Gasteiger partial charge in [0.1, 0.15) is 17.7 Å². The summed E-state index contributed by atoms with van der Waals surface area (Å²) >= 11 is 0. The second kappa shape index (κ2) is 7.86. The number of hydrogen-bond donors (Lipinski definition) is 1. The lowest BCUT2D eigenvalue weighted by Crippen LogP contribution is -2.09. The summed E-state index contributed by atoms with van der Waals surface area (Å²) in [5.74, 6) is -1.20. The molecule has 0 saturated heterocycles. The molecule has 1 heterocycles. The number of benzene rings is 2. The van der Waals surface area contributed by atoms with E-state index in [0.29, 0.717) is 36.1 Å². The van der Waals surface area contributed by atoms with Gasteiger partial charge in [-0.25, -0.2) is 4.39 Å². The molecule has 1 saturated carbocycles. The Balaban J connectivity index is 1.43. The minimum Gasteiger partial charge on any atom is -0.486 e. The molecule has 3 aromatic rings. The molecule has 0 spiro atoms. The SMILES string of the molecule is O=C(O)[C@H]1CC1c1ccc(OC2CCc3c(-c4ccncc4C(F)(F)F)ccc(F)c32)cc1. The van der Waals surface area contributed by atoms with E-state index in [0.717, 1.165) is 11.8 Å². The van der Waals surface area contributed by atoms with Crippen LogP contribution in [0.2, 0.25) is 0 Å². The fraction of sp³-hybridized carbons (Fsp3) is 0.280. The number of nitrogens with zero attached hydrogens (tertiary/aromatic N) is 1. The molecule has 3 atom stereocenters. The van der Waals surface area contributed by atoms with Gasteiger partial charge in [-0.05, 0) is 71.7 Å². The molecular formula is C25H19F4NO3. The largest absolute Gasteiger partial charge is 0.486 e. The van der Waals surface area contributed by atoms with Crippen LogP contribution in [0, 0.1) is 11.7 Å². The maximum Gasteiger partial charge on any atom is 0.418 e. The summed E-state index contributed by atoms with van der Waals surface area (Å²) in [5.41, 5.74) is 1.13. The Morgan fingerprint density at radius 1 is 1.06 bits per heavy atom. The van der Waals surface area contributed by atoms with Crippen LogP contribution in [0.5, 0.6) is 5.75 Å². The Labute approximate surface area is 186 Å². The molecule has 2 unspecified atom stereocenters. The standard InChI is InChI=1S/C25H19F4NO3/c26-21-7-5-15(16-9-10-30-12-20(16)25(27,28)29)17-6-8-22(23(17)21)33-14-3-1-13(2-4-14)18-11-19(18)24(31)32/h1-5,7,9-10,12,18-19,22H,6,8,11H2,(H,31,32)/t18?,19-,22?/m0/s1. The molecule has 0 aliphatic heterocycles. The molecule has 0 amide bonds. The molecule has 170 valence electrons. The van der Waals surface area contributed by atoms with Crippen LogP contribution in [0.15, 0.2) is 54.9 Å². The molecule has 0 radical (unpaired) electrons. The van der Waals surface area contributed by atoms with E-state index in [1.807, 2.05) is 0 Å². The third-order valence-electron chi connectivity index (χ3n) is 6.39. The number of hydrogen-bond acceptors (Lipinski definition) is 3. The summed E-state index contributed by atoms with van der Waals surface area (Å²) in [5, 5.41) is 9.09. The monoisotopic (exact) mass is 457 g/mol. The highest BCUT2D eigenvalue weighted by Gasteiger charge is 2.44. The molecule has 2 aliphatic rings. The lowest BCUT2D eigenvalue weighted by atomic mass is 9.94. The van der Waals surface area contributed by atoms with Gasteiger partial charge < -0.3 is 9.84 Å². The minimum absolute atomic E-state index is 0.00745. The Morgan fingerprint density at radius 3 is 2.48 bits per heavy atom. The van der Waals surface area contributed by atoms with Gasteiger partial charge in [-0.1, -0.05) is 18.2 Å². The average molecular weight is 457 g/mol. The molecule has 0 bridgehead atoms. The van der Waals surface area contributed by atoms with E-state index in [4.69, 9.17) is 9.84 Å². The van der Waals surface area contributed by atoms with Gasteiger partial charge in [0, 0.05) is 18.0 Å². The van der Waals surface area contributed by atoms with Gasteiger partial charge in [0.2, 0.25) is 0 Å². The van der Waals surface area contributed by atoms with E-state index in [1.54, 1.807) is 24.3 Å². The van der Waals surface area contributed by atoms with Crippen LogP contribution in [0.25, 0.3) is 11.1 Å². The van der Waals surface area contributed by atoms with Crippen molar-refractivity contribution in [2.45, 2.75) is 37.5 Å². The fourth-order valence-corrected chi connectivity index (χ4v) is 4.69. The number of rotatable bonds is 5. The Hall–Kier alpha value is -3.42. The molecule has 1 fully saturated rings. The van der Waals surface area contributed by atoms with Crippen molar-refractivity contribution in [3.8, 4) is 16.9 Å². The fourth-order valence-electron chi connectivity index (χ4n) is 4.69. The molecule has 1 aromatic heterocycles. The Kier molecular flexibility index (Phi) is 5.11. The topological polar surface area (TPSA) is 59.4 Å². The zero-order valence-electron chi connectivity index (χ0n) is 17.3. The van der Waals surface area contributed by atoms with Gasteiger partial charge in [-0.3, -0.25) is 9.78 Å². The third-order valence-corrected chi connectivity index (χ3v) is 6.39. The molecule has 33 heavy (non-hydrogen) atoms. The predicted molar refractivity (Wildman–Crippen MR) is 111 cm³/mol. The highest BCUT2D eigenvalue weighted by Crippen LogP contribution is 2.48. The van der Waals surface area contributed by atoms with Crippen molar-refractivity contribution >= 4 is 5.97 Å². The molecule has 2 aliphatic carbocycles. The number of carbonyl (C=O) groups is 1. The first-order valence-electron chi connectivity index (χ1n) is 10.6. The van der Waals surface area contributed by atoms with E-state index in [-0.39, 0.29) is 23.0 Å². The predicted octanol–water partition coefficient (Wildman–Crippen LogP) is 6.16. The van der Waals surface area contributed by atoms with Crippen molar-refractivity contribution in [3.63, 3.8) is 0 Å². The summed E-state index contributed by atoms with van der Waals surface area (Å²) in [7, 11) is 0. The Bertz CT molecular complexity index is 1220. The van der Waals surface area contributed by atoms with Gasteiger partial charge in [-0.15, -0.1) is 0 Å². The second-order valence-electron chi connectivity index (χ2n) is 8.41. The van der Waals surface area contributed by atoms with Gasteiger partial charge in [-0.2, -0.15) is 13.2 Å². The first kappa shape index (κ1) is 21.4. The van der Waals surface area contributed by atoms with E-state index < -0.39 is 29.6 Å². The number of carboxylic acids is 1. The van der Waals surface area contributed by atoms with Crippen LogP contribution >= 0.6 is 0 Å². The molecule has 4 nitrogen and oxygen atoms in total. The molecule has 8 heteroatoms. The van der Waals surface area contributed by atoms with Gasteiger partial charge in [0.15, 0.2) is 0 Å². The van der Waals surface area contributed by atoms with Crippen LogP contribution in [0.3, 0.4) is 0 Å². The summed E-state index contributed by atoms with van der Waals surface area (Å²) in [4.78, 5) is 14.7. The van der Waals surface area contributed by atoms with E-state index in [1.165, 1.54) is 24.4 Å². The number of aromatic nitrogens is 1. The number of carboxylic acid groups (broad SMARTS) is 1. The lowest BCUT2D eigenvalue weighted by Gasteiger charge is -2.18. The van der Waals surface area contributed by atoms with E-state index in [9.17, 15) is 22.4 Å². The lowest BCUT2D eigenvalue weighted by molar-refractivity contribution is -0.139. The summed E-state index contributed by atoms with van der Waals surface area (Å²) in [6.45, 7) is 0. The molecule has 2 aromatic carbocycles. The van der Waals surface area contributed by atoms with Crippen molar-refractivity contribution in [1.29, 1.82) is 0 Å². The maximum atomic E-state index is 14.8. The van der Waals surface area contributed by atoms with E-state index in [2.05, 4.69) is 4.98 Å². The van der Waals surface area contributed by atoms with Crippen molar-refractivity contribution < 1.29 is 32.2 Å². The highest BCUT2D eigenvalue weighted by atomic mass is 19.4. The number of fused-ring (bicyclic) bond motifs is 1. The Morgan fingerprint density at radius 2 is 1.82 bits per heavy atom. The van der Waals surface area contributed by atoms with Crippen LogP contribution in [0.4, 0.5) is 17.6 Å². The smallest absolute Gasteiger partial charge is 0.418 e. The first-order valence-corrected chi connectivity index (χ1v) is 10.6. The van der Waals surface area contributed by atoms with Gasteiger partial charge in [0.05, 0.1) is 11.5 Å². The first-order chi connectivity index (χ1) is 15.7. The second-order valence-corrected chi connectivity index (χ2v) is 8.41. The van der Waals surface area contributed by atoms with Crippen molar-refractivity contribution in [2.75, 3.05) is 0 Å². The van der Waals surface area contributed by atoms with E-state index >= 15 is 0 Å². The summed E-state index contributed by atoms with van der Waals surface area (Å²) in [6.07, 6.45) is -1.72. The molecular weight excluding hydrogens is 438 g/mol. The zero-order chi connectivity index (χ0) is 23.3. The summed E-state index contributed by atoms with van der Waals surface area (Å²) in [6, 6.07) is 10.9. The van der Waals surface area contributed by atoms with Crippen LogP contribution < -0.4 is 4.74 Å².